The summed E-state index contributed by atoms with van der Waals surface area (Å²) in [5, 5.41) is 2.62. The predicted molar refractivity (Wildman–Crippen MR) is 76.3 cm³/mol. The number of amides is 1. The van der Waals surface area contributed by atoms with E-state index >= 15 is 0 Å². The molecule has 0 radical (unpaired) electrons. The van der Waals surface area contributed by atoms with Crippen LogP contribution in [-0.4, -0.2) is 12.5 Å². The molecule has 0 heterocycles. The molecule has 0 bridgehead atoms. The average Bonchev–Trinajstić information content (AvgIpc) is 2.41. The Morgan fingerprint density at radius 1 is 1.19 bits per heavy atom. The van der Waals surface area contributed by atoms with Crippen molar-refractivity contribution in [2.24, 2.45) is 0 Å². The minimum Gasteiger partial charge on any atom is -0.435 e. The molecular weight excluding hydrogens is 278 g/mol. The first-order valence-corrected chi connectivity index (χ1v) is 6.22. The van der Waals surface area contributed by atoms with Gasteiger partial charge in [-0.15, -0.1) is 0 Å². The number of hydrogen-bond acceptors (Lipinski definition) is 3. The van der Waals surface area contributed by atoms with E-state index in [-0.39, 0.29) is 18.1 Å². The van der Waals surface area contributed by atoms with Crippen LogP contribution < -0.4 is 15.8 Å². The van der Waals surface area contributed by atoms with Crippen LogP contribution in [0.2, 0.25) is 0 Å². The highest BCUT2D eigenvalue weighted by atomic mass is 19.3. The lowest BCUT2D eigenvalue weighted by Crippen LogP contribution is -2.14. The number of nitrogens with two attached hydrogens (primary N) is 1. The minimum atomic E-state index is -2.90. The lowest BCUT2D eigenvalue weighted by molar-refractivity contribution is -0.115. The van der Waals surface area contributed by atoms with Crippen molar-refractivity contribution in [3.8, 4) is 5.75 Å². The summed E-state index contributed by atoms with van der Waals surface area (Å²) in [5.74, 6) is -0.260. The molecule has 4 nitrogen and oxygen atoms in total. The van der Waals surface area contributed by atoms with Crippen LogP contribution in [0.1, 0.15) is 5.56 Å². The Balaban J connectivity index is 1.97. The summed E-state index contributed by atoms with van der Waals surface area (Å²) in [4.78, 5) is 11.9. The van der Waals surface area contributed by atoms with Gasteiger partial charge in [-0.25, -0.2) is 0 Å². The number of hydrogen-bond donors (Lipinski definition) is 2. The summed E-state index contributed by atoms with van der Waals surface area (Å²) in [6.45, 7) is -2.90. The third-order valence-electron chi connectivity index (χ3n) is 2.69. The highest BCUT2D eigenvalue weighted by Gasteiger charge is 2.07. The zero-order chi connectivity index (χ0) is 15.2. The zero-order valence-electron chi connectivity index (χ0n) is 11.1. The topological polar surface area (TPSA) is 64.4 Å². The van der Waals surface area contributed by atoms with Crippen molar-refractivity contribution in [2.75, 3.05) is 11.1 Å². The van der Waals surface area contributed by atoms with Crippen LogP contribution in [0.15, 0.2) is 48.5 Å². The average molecular weight is 292 g/mol. The molecule has 0 aliphatic rings. The highest BCUT2D eigenvalue weighted by molar-refractivity contribution is 5.92. The number of nitrogens with one attached hydrogen (secondary N) is 1. The molecule has 0 atom stereocenters. The summed E-state index contributed by atoms with van der Waals surface area (Å²) >= 11 is 0. The van der Waals surface area contributed by atoms with E-state index in [0.29, 0.717) is 11.4 Å². The van der Waals surface area contributed by atoms with Crippen molar-refractivity contribution in [3.05, 3.63) is 54.1 Å². The Hall–Kier alpha value is -2.63. The van der Waals surface area contributed by atoms with E-state index in [4.69, 9.17) is 5.73 Å². The summed E-state index contributed by atoms with van der Waals surface area (Å²) in [6, 6.07) is 12.8. The molecule has 1 amide bonds. The number of carbonyl (C=O) groups excluding carboxylic acids is 1. The van der Waals surface area contributed by atoms with Crippen molar-refractivity contribution in [1.29, 1.82) is 0 Å². The Kier molecular flexibility index (Phi) is 4.71. The first kappa shape index (κ1) is 14.8. The highest BCUT2D eigenvalue weighted by Crippen LogP contribution is 2.19. The second-order valence-electron chi connectivity index (χ2n) is 4.37. The van der Waals surface area contributed by atoms with Crippen LogP contribution in [0.3, 0.4) is 0 Å². The van der Waals surface area contributed by atoms with Gasteiger partial charge >= 0.3 is 6.61 Å². The fraction of sp³-hybridized carbons (Fsp3) is 0.133. The predicted octanol–water partition coefficient (Wildman–Crippen LogP) is 3.05. The van der Waals surface area contributed by atoms with Crippen molar-refractivity contribution in [1.82, 2.24) is 0 Å². The Morgan fingerprint density at radius 3 is 2.57 bits per heavy atom. The summed E-state index contributed by atoms with van der Waals surface area (Å²) in [7, 11) is 0. The quantitative estimate of drug-likeness (QED) is 0.832. The maximum absolute atomic E-state index is 12.1. The lowest BCUT2D eigenvalue weighted by Gasteiger charge is -2.08. The number of carbonyl (C=O) groups is 1. The summed E-state index contributed by atoms with van der Waals surface area (Å²) in [6.07, 6.45) is 0.167. The molecule has 0 aromatic heterocycles. The molecule has 0 unspecified atom stereocenters. The fourth-order valence-electron chi connectivity index (χ4n) is 1.78. The second-order valence-corrected chi connectivity index (χ2v) is 4.37. The molecular formula is C15H14F2N2O2. The van der Waals surface area contributed by atoms with E-state index in [1.807, 2.05) is 0 Å². The smallest absolute Gasteiger partial charge is 0.387 e. The van der Waals surface area contributed by atoms with Crippen LogP contribution >= 0.6 is 0 Å². The largest absolute Gasteiger partial charge is 0.435 e. The van der Waals surface area contributed by atoms with Crippen LogP contribution in [-0.2, 0) is 11.2 Å². The molecule has 0 aliphatic carbocycles. The van der Waals surface area contributed by atoms with Gasteiger partial charge in [-0.05, 0) is 29.8 Å². The molecule has 0 saturated carbocycles. The second kappa shape index (κ2) is 6.69. The normalized spacial score (nSPS) is 10.4. The van der Waals surface area contributed by atoms with Crippen molar-refractivity contribution >= 4 is 17.3 Å². The van der Waals surface area contributed by atoms with Crippen LogP contribution in [0.5, 0.6) is 5.75 Å². The van der Waals surface area contributed by atoms with Gasteiger partial charge in [0.1, 0.15) is 5.75 Å². The van der Waals surface area contributed by atoms with Gasteiger partial charge in [0.15, 0.2) is 0 Å². The monoisotopic (exact) mass is 292 g/mol. The molecule has 21 heavy (non-hydrogen) atoms. The van der Waals surface area contributed by atoms with Gasteiger partial charge < -0.3 is 15.8 Å². The fourth-order valence-corrected chi connectivity index (χ4v) is 1.78. The van der Waals surface area contributed by atoms with Gasteiger partial charge in [0.05, 0.1) is 6.42 Å². The Morgan fingerprint density at radius 2 is 1.90 bits per heavy atom. The van der Waals surface area contributed by atoms with Crippen molar-refractivity contribution < 1.29 is 18.3 Å². The van der Waals surface area contributed by atoms with Gasteiger partial charge in [-0.2, -0.15) is 8.78 Å². The van der Waals surface area contributed by atoms with Crippen LogP contribution in [0.4, 0.5) is 20.2 Å². The van der Waals surface area contributed by atoms with E-state index in [1.54, 1.807) is 30.3 Å². The molecule has 2 aromatic rings. The number of benzene rings is 2. The number of rotatable bonds is 5. The van der Waals surface area contributed by atoms with E-state index in [2.05, 4.69) is 10.1 Å². The van der Waals surface area contributed by atoms with E-state index < -0.39 is 6.61 Å². The molecule has 2 rings (SSSR count). The molecule has 2 aromatic carbocycles. The van der Waals surface area contributed by atoms with Crippen molar-refractivity contribution in [2.45, 2.75) is 13.0 Å². The minimum absolute atomic E-state index is 0.00437. The summed E-state index contributed by atoms with van der Waals surface area (Å²) in [5.41, 5.74) is 7.39. The van der Waals surface area contributed by atoms with Gasteiger partial charge in [0.25, 0.3) is 0 Å². The van der Waals surface area contributed by atoms with Gasteiger partial charge in [0.2, 0.25) is 5.91 Å². The standard InChI is InChI=1S/C15H14F2N2O2/c16-15(17)21-13-3-1-2-12(9-13)19-14(20)8-10-4-6-11(18)7-5-10/h1-7,9,15H,8,18H2,(H,19,20). The van der Waals surface area contributed by atoms with Gasteiger partial charge in [-0.3, -0.25) is 4.79 Å². The lowest BCUT2D eigenvalue weighted by atomic mass is 10.1. The first-order valence-electron chi connectivity index (χ1n) is 6.22. The number of anilines is 2. The number of halogens is 2. The van der Waals surface area contributed by atoms with E-state index in [9.17, 15) is 13.6 Å². The van der Waals surface area contributed by atoms with E-state index in [0.717, 1.165) is 5.56 Å². The number of ether oxygens (including phenoxy) is 1. The van der Waals surface area contributed by atoms with Gasteiger partial charge in [-0.1, -0.05) is 18.2 Å². The number of nitrogen functional groups attached to an aromatic ring is 1. The first-order chi connectivity index (χ1) is 10.0. The number of alkyl halides is 2. The molecule has 0 spiro atoms. The third-order valence-corrected chi connectivity index (χ3v) is 2.69. The molecule has 0 aliphatic heterocycles. The zero-order valence-corrected chi connectivity index (χ0v) is 11.1. The van der Waals surface area contributed by atoms with Crippen molar-refractivity contribution in [3.63, 3.8) is 0 Å². The Labute approximate surface area is 120 Å². The molecule has 110 valence electrons. The third kappa shape index (κ3) is 4.76. The molecule has 3 N–H and O–H groups in total. The Bertz CT molecular complexity index is 615. The summed E-state index contributed by atoms with van der Waals surface area (Å²) < 4.78 is 28.5. The molecule has 6 heteroatoms. The van der Waals surface area contributed by atoms with Crippen LogP contribution in [0, 0.1) is 0 Å². The van der Waals surface area contributed by atoms with E-state index in [1.165, 1.54) is 18.2 Å². The maximum Gasteiger partial charge on any atom is 0.387 e. The molecule has 0 fully saturated rings. The van der Waals surface area contributed by atoms with Gasteiger partial charge in [0, 0.05) is 17.4 Å². The van der Waals surface area contributed by atoms with Crippen LogP contribution in [0.25, 0.3) is 0 Å². The maximum atomic E-state index is 12.1. The molecule has 0 saturated heterocycles. The SMILES string of the molecule is Nc1ccc(CC(=O)Nc2cccc(OC(F)F)c2)cc1.